The van der Waals surface area contributed by atoms with Crippen LogP contribution >= 0.6 is 0 Å². The number of imidazole rings is 1. The normalized spacial score (nSPS) is 10.5. The van der Waals surface area contributed by atoms with Gasteiger partial charge in [0, 0.05) is 6.42 Å². The summed E-state index contributed by atoms with van der Waals surface area (Å²) in [5.74, 6) is -0.848. The molecule has 0 aliphatic heterocycles. The lowest BCUT2D eigenvalue weighted by molar-refractivity contribution is -0.389. The Kier molecular flexibility index (Phi) is 5.29. The summed E-state index contributed by atoms with van der Waals surface area (Å²) in [6, 6.07) is 0. The molecular formula is C11H17N3O4. The standard InChI is InChI=1S/C11H17N3O4/c1-2-3-4-5-6-9-12-10(14(17)18)7-13(9)8-11(15)16/h7H,2-6,8H2,1H3,(H,15,16). The highest BCUT2D eigenvalue weighted by Crippen LogP contribution is 2.14. The summed E-state index contributed by atoms with van der Waals surface area (Å²) in [6.45, 7) is 1.81. The molecule has 0 aliphatic carbocycles. The van der Waals surface area contributed by atoms with Crippen molar-refractivity contribution in [2.24, 2.45) is 0 Å². The van der Waals surface area contributed by atoms with Crippen LogP contribution in [0.15, 0.2) is 6.20 Å². The molecule has 1 aromatic heterocycles. The quantitative estimate of drug-likeness (QED) is 0.435. The summed E-state index contributed by atoms with van der Waals surface area (Å²) in [4.78, 5) is 24.5. The maximum absolute atomic E-state index is 10.7. The summed E-state index contributed by atoms with van der Waals surface area (Å²) in [5, 5.41) is 19.3. The van der Waals surface area contributed by atoms with Crippen LogP contribution in [0.1, 0.15) is 38.4 Å². The minimum Gasteiger partial charge on any atom is -0.480 e. The Bertz CT molecular complexity index is 428. The van der Waals surface area contributed by atoms with E-state index in [2.05, 4.69) is 11.9 Å². The van der Waals surface area contributed by atoms with Crippen molar-refractivity contribution in [2.75, 3.05) is 0 Å². The van der Waals surface area contributed by atoms with Crippen LogP contribution in [0.2, 0.25) is 0 Å². The van der Waals surface area contributed by atoms with E-state index in [-0.39, 0.29) is 12.4 Å². The second-order valence-electron chi connectivity index (χ2n) is 4.10. The number of aryl methyl sites for hydroxylation is 1. The molecule has 0 bridgehead atoms. The SMILES string of the molecule is CCCCCCc1nc([N+](=O)[O-])cn1CC(=O)O. The molecule has 0 unspecified atom stereocenters. The highest BCUT2D eigenvalue weighted by atomic mass is 16.6. The summed E-state index contributed by atoms with van der Waals surface area (Å²) in [5.41, 5.74) is 0. The Morgan fingerprint density at radius 1 is 1.50 bits per heavy atom. The Labute approximate surface area is 105 Å². The molecule has 0 fully saturated rings. The number of carbonyl (C=O) groups is 1. The number of carboxylic acids is 1. The summed E-state index contributed by atoms with van der Waals surface area (Å²) < 4.78 is 1.34. The number of nitrogens with zero attached hydrogens (tertiary/aromatic N) is 3. The lowest BCUT2D eigenvalue weighted by atomic mass is 10.1. The first-order chi connectivity index (χ1) is 8.54. The molecule has 0 spiro atoms. The highest BCUT2D eigenvalue weighted by molar-refractivity contribution is 5.66. The van der Waals surface area contributed by atoms with Crippen LogP contribution in [0.5, 0.6) is 0 Å². The molecule has 0 atom stereocenters. The number of unbranched alkanes of at least 4 members (excludes halogenated alkanes) is 3. The van der Waals surface area contributed by atoms with Crippen molar-refractivity contribution >= 4 is 11.8 Å². The Morgan fingerprint density at radius 3 is 2.78 bits per heavy atom. The molecule has 7 heteroatoms. The molecule has 18 heavy (non-hydrogen) atoms. The molecule has 0 aliphatic rings. The molecule has 0 saturated carbocycles. The largest absolute Gasteiger partial charge is 0.480 e. The van der Waals surface area contributed by atoms with Crippen molar-refractivity contribution < 1.29 is 14.8 Å². The highest BCUT2D eigenvalue weighted by Gasteiger charge is 2.19. The van der Waals surface area contributed by atoms with E-state index in [0.29, 0.717) is 12.2 Å². The van der Waals surface area contributed by atoms with Crippen molar-refractivity contribution in [3.8, 4) is 0 Å². The van der Waals surface area contributed by atoms with Gasteiger partial charge in [-0.3, -0.25) is 9.36 Å². The van der Waals surface area contributed by atoms with Crippen LogP contribution in [0.4, 0.5) is 5.82 Å². The molecule has 0 amide bonds. The van der Waals surface area contributed by atoms with E-state index in [1.165, 1.54) is 10.8 Å². The first-order valence-corrected chi connectivity index (χ1v) is 5.96. The Morgan fingerprint density at radius 2 is 2.22 bits per heavy atom. The zero-order valence-electron chi connectivity index (χ0n) is 10.3. The van der Waals surface area contributed by atoms with Crippen LogP contribution < -0.4 is 0 Å². The van der Waals surface area contributed by atoms with Gasteiger partial charge in [-0.05, 0) is 16.3 Å². The fourth-order valence-corrected chi connectivity index (χ4v) is 1.72. The van der Waals surface area contributed by atoms with E-state index >= 15 is 0 Å². The van der Waals surface area contributed by atoms with Gasteiger partial charge in [-0.15, -0.1) is 0 Å². The van der Waals surface area contributed by atoms with Gasteiger partial charge in [0.2, 0.25) is 5.82 Å². The summed E-state index contributed by atoms with van der Waals surface area (Å²) in [7, 11) is 0. The van der Waals surface area contributed by atoms with Crippen LogP contribution in [0, 0.1) is 10.1 Å². The van der Waals surface area contributed by atoms with Crippen LogP contribution in [-0.2, 0) is 17.8 Å². The van der Waals surface area contributed by atoms with Gasteiger partial charge in [-0.1, -0.05) is 26.2 Å². The third kappa shape index (κ3) is 4.15. The minimum atomic E-state index is -1.03. The molecule has 0 aromatic carbocycles. The summed E-state index contributed by atoms with van der Waals surface area (Å²) >= 11 is 0. The van der Waals surface area contributed by atoms with E-state index in [9.17, 15) is 14.9 Å². The zero-order chi connectivity index (χ0) is 13.5. The van der Waals surface area contributed by atoms with Crippen molar-refractivity contribution in [1.82, 2.24) is 9.55 Å². The monoisotopic (exact) mass is 255 g/mol. The third-order valence-corrected chi connectivity index (χ3v) is 2.59. The third-order valence-electron chi connectivity index (χ3n) is 2.59. The molecule has 100 valence electrons. The molecule has 0 saturated heterocycles. The van der Waals surface area contributed by atoms with Crippen LogP contribution in [0.3, 0.4) is 0 Å². The van der Waals surface area contributed by atoms with Gasteiger partial charge in [0.05, 0.1) is 0 Å². The van der Waals surface area contributed by atoms with Gasteiger partial charge < -0.3 is 15.2 Å². The van der Waals surface area contributed by atoms with Crippen molar-refractivity contribution in [3.63, 3.8) is 0 Å². The first-order valence-electron chi connectivity index (χ1n) is 5.96. The number of carboxylic acid groups (broad SMARTS) is 1. The predicted octanol–water partition coefficient (Wildman–Crippen LogP) is 2.00. The smallest absolute Gasteiger partial charge is 0.381 e. The summed E-state index contributed by atoms with van der Waals surface area (Å²) in [6.07, 6.45) is 5.84. The molecule has 1 N–H and O–H groups in total. The maximum atomic E-state index is 10.7. The fraction of sp³-hybridized carbons (Fsp3) is 0.636. The van der Waals surface area contributed by atoms with Gasteiger partial charge in [0.25, 0.3) is 0 Å². The second-order valence-corrected chi connectivity index (χ2v) is 4.10. The predicted molar refractivity (Wildman–Crippen MR) is 64.4 cm³/mol. The zero-order valence-corrected chi connectivity index (χ0v) is 10.3. The van der Waals surface area contributed by atoms with Gasteiger partial charge in [0.1, 0.15) is 12.7 Å². The van der Waals surface area contributed by atoms with Crippen molar-refractivity contribution in [1.29, 1.82) is 0 Å². The first kappa shape index (κ1) is 14.1. The lowest BCUT2D eigenvalue weighted by Gasteiger charge is -2.00. The number of rotatable bonds is 8. The topological polar surface area (TPSA) is 98.3 Å². The second kappa shape index (κ2) is 6.73. The Hall–Kier alpha value is -1.92. The van der Waals surface area contributed by atoms with Crippen molar-refractivity contribution in [3.05, 3.63) is 22.1 Å². The van der Waals surface area contributed by atoms with E-state index in [1.807, 2.05) is 0 Å². The van der Waals surface area contributed by atoms with E-state index in [1.54, 1.807) is 0 Å². The van der Waals surface area contributed by atoms with Crippen molar-refractivity contribution in [2.45, 2.75) is 45.6 Å². The number of aliphatic carboxylic acids is 1. The van der Waals surface area contributed by atoms with E-state index in [0.717, 1.165) is 25.7 Å². The Balaban J connectivity index is 2.73. The average Bonchev–Trinajstić information content (AvgIpc) is 2.67. The molecule has 1 heterocycles. The van der Waals surface area contributed by atoms with Crippen LogP contribution in [0.25, 0.3) is 0 Å². The molecule has 1 rings (SSSR count). The number of hydrogen-bond donors (Lipinski definition) is 1. The number of hydrogen-bond acceptors (Lipinski definition) is 4. The molecule has 0 radical (unpaired) electrons. The maximum Gasteiger partial charge on any atom is 0.381 e. The molecule has 1 aromatic rings. The molecule has 7 nitrogen and oxygen atoms in total. The fourth-order valence-electron chi connectivity index (χ4n) is 1.72. The number of nitro groups is 1. The van der Waals surface area contributed by atoms with Gasteiger partial charge in [-0.2, -0.15) is 0 Å². The number of aromatic nitrogens is 2. The van der Waals surface area contributed by atoms with Crippen LogP contribution in [-0.4, -0.2) is 25.6 Å². The molecular weight excluding hydrogens is 238 g/mol. The van der Waals surface area contributed by atoms with Gasteiger partial charge >= 0.3 is 11.8 Å². The minimum absolute atomic E-state index is 0.288. The van der Waals surface area contributed by atoms with E-state index in [4.69, 9.17) is 5.11 Å². The lowest BCUT2D eigenvalue weighted by Crippen LogP contribution is -2.11. The van der Waals surface area contributed by atoms with Gasteiger partial charge in [0.15, 0.2) is 0 Å². The van der Waals surface area contributed by atoms with E-state index < -0.39 is 10.9 Å². The van der Waals surface area contributed by atoms with Gasteiger partial charge in [-0.25, -0.2) is 0 Å². The average molecular weight is 255 g/mol.